The van der Waals surface area contributed by atoms with Gasteiger partial charge in [0.15, 0.2) is 0 Å². The SMILES string of the molecule is C/C=C/[C@@H](C)[C@@H](N=[N+]=[N-])C(=O)OC. The Bertz CT molecular complexity index is 244. The predicted octanol–water partition coefficient (Wildman–Crippen LogP) is 2.05. The van der Waals surface area contributed by atoms with E-state index in [9.17, 15) is 4.79 Å². The first kappa shape index (κ1) is 11.5. The molecule has 13 heavy (non-hydrogen) atoms. The van der Waals surface area contributed by atoms with Crippen molar-refractivity contribution in [1.82, 2.24) is 0 Å². The van der Waals surface area contributed by atoms with Crippen molar-refractivity contribution >= 4 is 5.97 Å². The van der Waals surface area contributed by atoms with E-state index >= 15 is 0 Å². The zero-order valence-corrected chi connectivity index (χ0v) is 7.97. The third-order valence-corrected chi connectivity index (χ3v) is 1.61. The molecule has 0 aliphatic carbocycles. The van der Waals surface area contributed by atoms with Crippen LogP contribution in [0.5, 0.6) is 0 Å². The molecule has 0 spiro atoms. The summed E-state index contributed by atoms with van der Waals surface area (Å²) in [6, 6.07) is -0.772. The number of methoxy groups -OCH3 is 1. The standard InChI is InChI=1S/C8H13N3O2/c1-4-5-6(2)7(10-11-9)8(12)13-3/h4-7H,1-3H3/b5-4+/t6-,7-/m1/s1. The van der Waals surface area contributed by atoms with Crippen LogP contribution in [0.1, 0.15) is 13.8 Å². The van der Waals surface area contributed by atoms with Gasteiger partial charge >= 0.3 is 5.97 Å². The topological polar surface area (TPSA) is 75.1 Å². The largest absolute Gasteiger partial charge is 0.469 e. The fourth-order valence-electron chi connectivity index (χ4n) is 0.952. The Kier molecular flexibility index (Phi) is 5.39. The zero-order valence-electron chi connectivity index (χ0n) is 7.97. The molecule has 0 radical (unpaired) electrons. The van der Waals surface area contributed by atoms with E-state index in [1.807, 2.05) is 6.92 Å². The Labute approximate surface area is 77.0 Å². The maximum Gasteiger partial charge on any atom is 0.315 e. The molecule has 0 amide bonds. The fourth-order valence-corrected chi connectivity index (χ4v) is 0.952. The normalized spacial score (nSPS) is 14.7. The van der Waals surface area contributed by atoms with Crippen LogP contribution < -0.4 is 0 Å². The minimum atomic E-state index is -0.772. The molecule has 0 saturated carbocycles. The summed E-state index contributed by atoms with van der Waals surface area (Å²) in [6.07, 6.45) is 3.59. The number of carbonyl (C=O) groups is 1. The van der Waals surface area contributed by atoms with Gasteiger partial charge < -0.3 is 4.74 Å². The second kappa shape index (κ2) is 6.08. The average Bonchev–Trinajstić information content (AvgIpc) is 2.13. The molecule has 0 unspecified atom stereocenters. The van der Waals surface area contributed by atoms with Gasteiger partial charge in [0.25, 0.3) is 0 Å². The number of nitrogens with zero attached hydrogens (tertiary/aromatic N) is 3. The Morgan fingerprint density at radius 3 is 2.69 bits per heavy atom. The monoisotopic (exact) mass is 183 g/mol. The third kappa shape index (κ3) is 3.62. The summed E-state index contributed by atoms with van der Waals surface area (Å²) < 4.78 is 4.49. The molecule has 2 atom stereocenters. The van der Waals surface area contributed by atoms with Gasteiger partial charge in [0.1, 0.15) is 6.04 Å². The van der Waals surface area contributed by atoms with Crippen LogP contribution >= 0.6 is 0 Å². The number of azide groups is 1. The van der Waals surface area contributed by atoms with Crippen molar-refractivity contribution in [3.05, 3.63) is 22.6 Å². The number of hydrogen-bond acceptors (Lipinski definition) is 3. The molecule has 0 aromatic heterocycles. The second-order valence-corrected chi connectivity index (χ2v) is 2.56. The quantitative estimate of drug-likeness (QED) is 0.220. The first-order chi connectivity index (χ1) is 6.17. The van der Waals surface area contributed by atoms with E-state index in [1.165, 1.54) is 7.11 Å². The molecular weight excluding hydrogens is 170 g/mol. The Morgan fingerprint density at radius 2 is 2.31 bits per heavy atom. The number of rotatable bonds is 4. The maximum atomic E-state index is 11.1. The van der Waals surface area contributed by atoms with Crippen LogP contribution in [0.3, 0.4) is 0 Å². The highest BCUT2D eigenvalue weighted by Crippen LogP contribution is 2.11. The molecule has 0 aliphatic rings. The van der Waals surface area contributed by atoms with Gasteiger partial charge in [0.05, 0.1) is 7.11 Å². The summed E-state index contributed by atoms with van der Waals surface area (Å²) in [7, 11) is 1.27. The fraction of sp³-hybridized carbons (Fsp3) is 0.625. The lowest BCUT2D eigenvalue weighted by Gasteiger charge is -2.12. The number of carbonyl (C=O) groups excluding carboxylic acids is 1. The van der Waals surface area contributed by atoms with Crippen LogP contribution in [-0.4, -0.2) is 19.1 Å². The third-order valence-electron chi connectivity index (χ3n) is 1.61. The smallest absolute Gasteiger partial charge is 0.315 e. The maximum absolute atomic E-state index is 11.1. The van der Waals surface area contributed by atoms with Crippen molar-refractivity contribution in [2.24, 2.45) is 11.0 Å². The van der Waals surface area contributed by atoms with Crippen molar-refractivity contribution < 1.29 is 9.53 Å². The predicted molar refractivity (Wildman–Crippen MR) is 48.9 cm³/mol. The van der Waals surface area contributed by atoms with Gasteiger partial charge in [-0.25, -0.2) is 0 Å². The van der Waals surface area contributed by atoms with Crippen LogP contribution in [0.4, 0.5) is 0 Å². The van der Waals surface area contributed by atoms with E-state index in [0.717, 1.165) is 0 Å². The summed E-state index contributed by atoms with van der Waals surface area (Å²) in [5.41, 5.74) is 8.22. The lowest BCUT2D eigenvalue weighted by Crippen LogP contribution is -2.25. The molecule has 0 rings (SSSR count). The van der Waals surface area contributed by atoms with Crippen molar-refractivity contribution in [3.63, 3.8) is 0 Å². The number of allylic oxidation sites excluding steroid dienone is 1. The molecule has 5 nitrogen and oxygen atoms in total. The molecule has 0 aromatic carbocycles. The highest BCUT2D eigenvalue weighted by atomic mass is 16.5. The van der Waals surface area contributed by atoms with Gasteiger partial charge in [0.2, 0.25) is 0 Å². The molecule has 0 heterocycles. The van der Waals surface area contributed by atoms with Gasteiger partial charge in [-0.3, -0.25) is 4.79 Å². The van der Waals surface area contributed by atoms with Crippen LogP contribution in [0.25, 0.3) is 10.4 Å². The van der Waals surface area contributed by atoms with Crippen molar-refractivity contribution in [3.8, 4) is 0 Å². The lowest BCUT2D eigenvalue weighted by molar-refractivity contribution is -0.142. The number of hydrogen-bond donors (Lipinski definition) is 0. The van der Waals surface area contributed by atoms with E-state index in [-0.39, 0.29) is 5.92 Å². The van der Waals surface area contributed by atoms with E-state index in [1.54, 1.807) is 19.1 Å². The Balaban J connectivity index is 4.58. The molecule has 0 bridgehead atoms. The van der Waals surface area contributed by atoms with Crippen molar-refractivity contribution in [1.29, 1.82) is 0 Å². The molecule has 0 aliphatic heterocycles. The lowest BCUT2D eigenvalue weighted by atomic mass is 10.0. The van der Waals surface area contributed by atoms with E-state index in [0.29, 0.717) is 0 Å². The van der Waals surface area contributed by atoms with Gasteiger partial charge in [-0.05, 0) is 18.4 Å². The zero-order chi connectivity index (χ0) is 10.3. The van der Waals surface area contributed by atoms with Gasteiger partial charge in [0, 0.05) is 4.91 Å². The first-order valence-electron chi connectivity index (χ1n) is 3.92. The molecule has 5 heteroatoms. The van der Waals surface area contributed by atoms with Crippen molar-refractivity contribution in [2.75, 3.05) is 7.11 Å². The average molecular weight is 183 g/mol. The van der Waals surface area contributed by atoms with Crippen LogP contribution in [-0.2, 0) is 9.53 Å². The summed E-state index contributed by atoms with van der Waals surface area (Å²) in [5, 5.41) is 3.37. The van der Waals surface area contributed by atoms with Gasteiger partial charge in [-0.15, -0.1) is 0 Å². The Hall–Kier alpha value is -1.48. The molecule has 0 N–H and O–H groups in total. The number of esters is 1. The summed E-state index contributed by atoms with van der Waals surface area (Å²) in [6.45, 7) is 3.62. The molecule has 72 valence electrons. The summed E-state index contributed by atoms with van der Waals surface area (Å²) in [4.78, 5) is 13.7. The van der Waals surface area contributed by atoms with Crippen LogP contribution in [0, 0.1) is 5.92 Å². The first-order valence-corrected chi connectivity index (χ1v) is 3.92. The van der Waals surface area contributed by atoms with Crippen LogP contribution in [0.15, 0.2) is 17.3 Å². The minimum absolute atomic E-state index is 0.145. The van der Waals surface area contributed by atoms with E-state index in [2.05, 4.69) is 14.8 Å². The molecule has 0 fully saturated rings. The second-order valence-electron chi connectivity index (χ2n) is 2.56. The summed E-state index contributed by atoms with van der Waals surface area (Å²) in [5.74, 6) is -0.656. The molecular formula is C8H13N3O2. The van der Waals surface area contributed by atoms with Gasteiger partial charge in [-0.2, -0.15) is 0 Å². The molecule has 0 saturated heterocycles. The van der Waals surface area contributed by atoms with E-state index in [4.69, 9.17) is 5.53 Å². The highest BCUT2D eigenvalue weighted by molar-refractivity contribution is 5.76. The van der Waals surface area contributed by atoms with Crippen molar-refractivity contribution in [2.45, 2.75) is 19.9 Å². The Morgan fingerprint density at radius 1 is 1.69 bits per heavy atom. The number of ether oxygens (including phenoxy) is 1. The van der Waals surface area contributed by atoms with Crippen LogP contribution in [0.2, 0.25) is 0 Å². The van der Waals surface area contributed by atoms with Gasteiger partial charge in [-0.1, -0.05) is 24.2 Å². The molecule has 0 aromatic rings. The minimum Gasteiger partial charge on any atom is -0.469 e. The van der Waals surface area contributed by atoms with E-state index < -0.39 is 12.0 Å². The highest BCUT2D eigenvalue weighted by Gasteiger charge is 2.22. The summed E-state index contributed by atoms with van der Waals surface area (Å²) >= 11 is 0.